The Bertz CT molecular complexity index is 1230. The number of aryl methyl sites for hydroxylation is 1. The highest BCUT2D eigenvalue weighted by atomic mass is 35.5. The fraction of sp³-hybridized carbons (Fsp3) is 0.0909. The van der Waals surface area contributed by atoms with Gasteiger partial charge in [0.05, 0.1) is 16.2 Å². The van der Waals surface area contributed by atoms with Crippen LogP contribution in [0.2, 0.25) is 5.02 Å². The number of halogens is 2. The second-order valence-electron chi connectivity index (χ2n) is 6.84. The molecular formula is C22H16ClFN2O3. The molecule has 0 aliphatic carbocycles. The van der Waals surface area contributed by atoms with Gasteiger partial charge < -0.3 is 15.4 Å². The second-order valence-corrected chi connectivity index (χ2v) is 7.25. The standard InChI is InChI=1S/C22H16ClFN2O3/c1-10-18(25-11(2)19(10)22(28)29)9-14-20-13(4-3-5-17(20)26-21(14)27)12-6-7-16(24)15(23)8-12/h3-9,25H,1-2H3,(H,26,27)(H,28,29). The minimum atomic E-state index is -1.03. The summed E-state index contributed by atoms with van der Waals surface area (Å²) < 4.78 is 13.6. The number of aromatic nitrogens is 1. The number of hydrogen-bond acceptors (Lipinski definition) is 2. The lowest BCUT2D eigenvalue weighted by molar-refractivity contribution is -0.110. The number of fused-ring (bicyclic) bond motifs is 1. The number of amides is 1. The highest BCUT2D eigenvalue weighted by Gasteiger charge is 2.28. The molecule has 3 aromatic rings. The third-order valence-corrected chi connectivity index (χ3v) is 5.33. The molecule has 0 unspecified atom stereocenters. The SMILES string of the molecule is Cc1[nH]c(C=C2C(=O)Nc3cccc(-c4ccc(F)c(Cl)c4)c32)c(C)c1C(=O)O. The average Bonchev–Trinajstić information content (AvgIpc) is 3.13. The maximum atomic E-state index is 13.6. The molecule has 0 bridgehead atoms. The summed E-state index contributed by atoms with van der Waals surface area (Å²) in [5, 5.41) is 12.2. The van der Waals surface area contributed by atoms with Crippen LogP contribution < -0.4 is 5.32 Å². The summed E-state index contributed by atoms with van der Waals surface area (Å²) in [6.45, 7) is 3.37. The van der Waals surface area contributed by atoms with E-state index in [1.54, 1.807) is 38.1 Å². The van der Waals surface area contributed by atoms with Crippen molar-refractivity contribution in [3.8, 4) is 11.1 Å². The van der Waals surface area contributed by atoms with Gasteiger partial charge in [0.2, 0.25) is 0 Å². The van der Waals surface area contributed by atoms with Gasteiger partial charge in [0.15, 0.2) is 0 Å². The summed E-state index contributed by atoms with van der Waals surface area (Å²) >= 11 is 5.95. The lowest BCUT2D eigenvalue weighted by Crippen LogP contribution is -2.03. The van der Waals surface area contributed by atoms with E-state index < -0.39 is 11.8 Å². The summed E-state index contributed by atoms with van der Waals surface area (Å²) in [5.41, 5.74) is 4.85. The molecular weight excluding hydrogens is 395 g/mol. The van der Waals surface area contributed by atoms with Crippen LogP contribution in [0.1, 0.15) is 32.9 Å². The van der Waals surface area contributed by atoms with Crippen LogP contribution in [0.25, 0.3) is 22.8 Å². The van der Waals surface area contributed by atoms with Crippen molar-refractivity contribution < 1.29 is 19.1 Å². The average molecular weight is 411 g/mol. The van der Waals surface area contributed by atoms with Crippen molar-refractivity contribution in [3.05, 3.63) is 75.3 Å². The Morgan fingerprint density at radius 2 is 1.97 bits per heavy atom. The van der Waals surface area contributed by atoms with Gasteiger partial charge in [0.1, 0.15) is 5.82 Å². The van der Waals surface area contributed by atoms with E-state index in [4.69, 9.17) is 11.6 Å². The fourth-order valence-electron chi connectivity index (χ4n) is 3.68. The Labute approximate surface area is 170 Å². The monoisotopic (exact) mass is 410 g/mol. The van der Waals surface area contributed by atoms with Crippen LogP contribution in [-0.2, 0) is 4.79 Å². The minimum absolute atomic E-state index is 0.00940. The van der Waals surface area contributed by atoms with Crippen LogP contribution in [-0.4, -0.2) is 22.0 Å². The minimum Gasteiger partial charge on any atom is -0.478 e. The van der Waals surface area contributed by atoms with E-state index in [1.807, 2.05) is 6.07 Å². The predicted octanol–water partition coefficient (Wildman–Crippen LogP) is 5.28. The number of aromatic carboxylic acids is 1. The zero-order valence-electron chi connectivity index (χ0n) is 15.6. The molecule has 0 saturated carbocycles. The number of H-pyrrole nitrogens is 1. The van der Waals surface area contributed by atoms with Gasteiger partial charge >= 0.3 is 5.97 Å². The third kappa shape index (κ3) is 3.11. The molecule has 2 heterocycles. The van der Waals surface area contributed by atoms with Gasteiger partial charge in [-0.2, -0.15) is 0 Å². The maximum Gasteiger partial charge on any atom is 0.337 e. The number of hydrogen-bond donors (Lipinski definition) is 3. The Morgan fingerprint density at radius 1 is 1.21 bits per heavy atom. The van der Waals surface area contributed by atoms with Crippen LogP contribution in [0, 0.1) is 19.7 Å². The molecule has 0 spiro atoms. The smallest absolute Gasteiger partial charge is 0.337 e. The van der Waals surface area contributed by atoms with E-state index in [2.05, 4.69) is 10.3 Å². The van der Waals surface area contributed by atoms with Crippen LogP contribution >= 0.6 is 11.6 Å². The number of carbonyl (C=O) groups excluding carboxylic acids is 1. The van der Waals surface area contributed by atoms with E-state index in [9.17, 15) is 19.1 Å². The molecule has 0 radical (unpaired) electrons. The van der Waals surface area contributed by atoms with Crippen molar-refractivity contribution in [2.75, 3.05) is 5.32 Å². The van der Waals surface area contributed by atoms with Crippen LogP contribution in [0.3, 0.4) is 0 Å². The van der Waals surface area contributed by atoms with Gasteiger partial charge in [-0.3, -0.25) is 4.79 Å². The molecule has 1 aromatic heterocycles. The first-order valence-corrected chi connectivity index (χ1v) is 9.20. The van der Waals surface area contributed by atoms with Gasteiger partial charge in [-0.1, -0.05) is 29.8 Å². The largest absolute Gasteiger partial charge is 0.478 e. The van der Waals surface area contributed by atoms with Gasteiger partial charge in [-0.15, -0.1) is 0 Å². The van der Waals surface area contributed by atoms with Crippen molar-refractivity contribution >= 4 is 40.8 Å². The summed E-state index contributed by atoms with van der Waals surface area (Å²) in [7, 11) is 0. The molecule has 5 nitrogen and oxygen atoms in total. The number of nitrogens with one attached hydrogen (secondary N) is 2. The number of benzene rings is 2. The molecule has 0 atom stereocenters. The van der Waals surface area contributed by atoms with E-state index in [0.717, 1.165) is 0 Å². The predicted molar refractivity (Wildman–Crippen MR) is 111 cm³/mol. The normalized spacial score (nSPS) is 14.2. The van der Waals surface area contributed by atoms with Gasteiger partial charge in [-0.05, 0) is 54.8 Å². The molecule has 146 valence electrons. The highest BCUT2D eigenvalue weighted by molar-refractivity contribution is 6.36. The summed E-state index contributed by atoms with van der Waals surface area (Å²) in [5.74, 6) is -1.85. The van der Waals surface area contributed by atoms with Gasteiger partial charge in [-0.25, -0.2) is 9.18 Å². The first-order chi connectivity index (χ1) is 13.8. The molecule has 0 saturated heterocycles. The Morgan fingerprint density at radius 3 is 2.62 bits per heavy atom. The Hall–Kier alpha value is -3.38. The quantitative estimate of drug-likeness (QED) is 0.513. The number of carboxylic acid groups (broad SMARTS) is 1. The van der Waals surface area contributed by atoms with E-state index in [-0.39, 0.29) is 16.5 Å². The molecule has 0 fully saturated rings. The first-order valence-electron chi connectivity index (χ1n) is 8.82. The number of aromatic amines is 1. The number of carbonyl (C=O) groups is 2. The lowest BCUT2D eigenvalue weighted by atomic mass is 9.94. The number of anilines is 1. The maximum absolute atomic E-state index is 13.6. The van der Waals surface area contributed by atoms with E-state index >= 15 is 0 Å². The molecule has 4 rings (SSSR count). The summed E-state index contributed by atoms with van der Waals surface area (Å²) in [6.07, 6.45) is 1.64. The number of rotatable bonds is 3. The molecule has 7 heteroatoms. The van der Waals surface area contributed by atoms with Gasteiger partial charge in [0.25, 0.3) is 5.91 Å². The Kier molecular flexibility index (Phi) is 4.51. The van der Waals surface area contributed by atoms with Crippen molar-refractivity contribution in [1.82, 2.24) is 4.98 Å². The van der Waals surface area contributed by atoms with Crippen molar-refractivity contribution in [1.29, 1.82) is 0 Å². The molecule has 2 aromatic carbocycles. The zero-order chi connectivity index (χ0) is 20.9. The van der Waals surface area contributed by atoms with E-state index in [1.165, 1.54) is 12.1 Å². The fourth-order valence-corrected chi connectivity index (χ4v) is 3.86. The summed E-state index contributed by atoms with van der Waals surface area (Å²) in [6, 6.07) is 9.79. The molecule has 1 amide bonds. The molecule has 29 heavy (non-hydrogen) atoms. The molecule has 1 aliphatic heterocycles. The third-order valence-electron chi connectivity index (χ3n) is 5.04. The summed E-state index contributed by atoms with van der Waals surface area (Å²) in [4.78, 5) is 27.2. The van der Waals surface area contributed by atoms with Crippen LogP contribution in [0.15, 0.2) is 36.4 Å². The second kappa shape index (κ2) is 6.90. The van der Waals surface area contributed by atoms with Crippen LogP contribution in [0.5, 0.6) is 0 Å². The van der Waals surface area contributed by atoms with Crippen molar-refractivity contribution in [2.24, 2.45) is 0 Å². The van der Waals surface area contributed by atoms with Gasteiger partial charge in [0, 0.05) is 22.6 Å². The van der Waals surface area contributed by atoms with E-state index in [0.29, 0.717) is 44.9 Å². The lowest BCUT2D eigenvalue weighted by Gasteiger charge is -2.09. The number of carboxylic acids is 1. The topological polar surface area (TPSA) is 82.2 Å². The molecule has 3 N–H and O–H groups in total. The Balaban J connectivity index is 1.91. The first kappa shape index (κ1) is 19.0. The highest BCUT2D eigenvalue weighted by Crippen LogP contribution is 2.41. The van der Waals surface area contributed by atoms with Crippen LogP contribution in [0.4, 0.5) is 10.1 Å². The van der Waals surface area contributed by atoms with Crippen molar-refractivity contribution in [3.63, 3.8) is 0 Å². The zero-order valence-corrected chi connectivity index (χ0v) is 16.3. The van der Waals surface area contributed by atoms with Crippen molar-refractivity contribution in [2.45, 2.75) is 13.8 Å². The molecule has 1 aliphatic rings.